The second-order valence-electron chi connectivity index (χ2n) is 6.09. The van der Waals surface area contributed by atoms with Crippen molar-refractivity contribution < 1.29 is 23.5 Å². The van der Waals surface area contributed by atoms with Crippen molar-refractivity contribution in [2.45, 2.75) is 6.10 Å². The summed E-state index contributed by atoms with van der Waals surface area (Å²) >= 11 is 11.9. The van der Waals surface area contributed by atoms with Gasteiger partial charge in [0.15, 0.2) is 5.76 Å². The largest absolute Gasteiger partial charge is 0.459 e. The lowest BCUT2D eigenvalue weighted by Crippen LogP contribution is -2.33. The number of benzene rings is 2. The number of furan rings is 1. The highest BCUT2D eigenvalue weighted by Gasteiger charge is 2.25. The second kappa shape index (κ2) is 9.96. The molecule has 3 aromatic rings. The van der Waals surface area contributed by atoms with E-state index in [2.05, 4.69) is 10.6 Å². The van der Waals surface area contributed by atoms with E-state index in [1.807, 2.05) is 0 Å². The first kappa shape index (κ1) is 21.4. The summed E-state index contributed by atoms with van der Waals surface area (Å²) in [5.74, 6) is -1.93. The number of hydrogen-bond donors (Lipinski definition) is 2. The summed E-state index contributed by atoms with van der Waals surface area (Å²) in [7, 11) is 0. The highest BCUT2D eigenvalue weighted by atomic mass is 35.5. The van der Waals surface area contributed by atoms with Crippen LogP contribution >= 0.6 is 23.2 Å². The summed E-state index contributed by atoms with van der Waals surface area (Å²) in [6.45, 7) is -0.445. The first-order valence-corrected chi connectivity index (χ1v) is 9.51. The minimum absolute atomic E-state index is 0.0537. The van der Waals surface area contributed by atoms with Crippen molar-refractivity contribution in [1.29, 1.82) is 0 Å². The number of rotatable bonds is 7. The van der Waals surface area contributed by atoms with Crippen LogP contribution in [0.2, 0.25) is 10.0 Å². The van der Waals surface area contributed by atoms with Crippen LogP contribution in [0.1, 0.15) is 22.2 Å². The summed E-state index contributed by atoms with van der Waals surface area (Å²) < 4.78 is 10.3. The highest BCUT2D eigenvalue weighted by Crippen LogP contribution is 2.25. The van der Waals surface area contributed by atoms with Crippen molar-refractivity contribution in [2.24, 2.45) is 0 Å². The van der Waals surface area contributed by atoms with E-state index < -0.39 is 30.4 Å². The van der Waals surface area contributed by atoms with Gasteiger partial charge in [0.25, 0.3) is 11.8 Å². The molecule has 0 bridgehead atoms. The molecular formula is C21H16Cl2N2O5. The summed E-state index contributed by atoms with van der Waals surface area (Å²) in [5.41, 5.74) is 0.800. The Balaban J connectivity index is 1.70. The number of halogens is 2. The average Bonchev–Trinajstić information content (AvgIpc) is 3.25. The van der Waals surface area contributed by atoms with Gasteiger partial charge in [0, 0.05) is 21.3 Å². The lowest BCUT2D eigenvalue weighted by atomic mass is 10.1. The maximum Gasteiger partial charge on any atom is 0.326 e. The van der Waals surface area contributed by atoms with Gasteiger partial charge in [0.05, 0.1) is 6.26 Å². The lowest BCUT2D eigenvalue weighted by molar-refractivity contribution is -0.153. The van der Waals surface area contributed by atoms with Crippen molar-refractivity contribution in [3.8, 4) is 0 Å². The Morgan fingerprint density at radius 3 is 2.30 bits per heavy atom. The quantitative estimate of drug-likeness (QED) is 0.528. The standard InChI is InChI=1S/C21H16Cl2N2O5/c22-14-9-15(23)11-16(10-14)25-21(28)19(13-5-2-1-3-6-13)30-18(26)12-24-20(27)17-7-4-8-29-17/h1-11,19H,12H2,(H,24,27)(H,25,28). The van der Waals surface area contributed by atoms with E-state index in [4.69, 9.17) is 32.4 Å². The van der Waals surface area contributed by atoms with Gasteiger partial charge >= 0.3 is 5.97 Å². The molecule has 30 heavy (non-hydrogen) atoms. The van der Waals surface area contributed by atoms with E-state index in [1.54, 1.807) is 36.4 Å². The molecule has 0 aliphatic carbocycles. The Labute approximate surface area is 181 Å². The molecule has 1 aromatic heterocycles. The van der Waals surface area contributed by atoms with Crippen LogP contribution in [0.4, 0.5) is 5.69 Å². The second-order valence-corrected chi connectivity index (χ2v) is 6.96. The molecule has 1 atom stereocenters. The molecule has 0 saturated heterocycles. The Hall–Kier alpha value is -3.29. The molecule has 0 radical (unpaired) electrons. The fraction of sp³-hybridized carbons (Fsp3) is 0.0952. The Morgan fingerprint density at radius 2 is 1.67 bits per heavy atom. The van der Waals surface area contributed by atoms with E-state index >= 15 is 0 Å². The molecule has 1 heterocycles. The van der Waals surface area contributed by atoms with E-state index in [9.17, 15) is 14.4 Å². The summed E-state index contributed by atoms with van der Waals surface area (Å²) in [4.78, 5) is 37.0. The molecule has 0 aliphatic heterocycles. The van der Waals surface area contributed by atoms with Gasteiger partial charge in [-0.2, -0.15) is 0 Å². The number of esters is 1. The van der Waals surface area contributed by atoms with Crippen molar-refractivity contribution in [3.63, 3.8) is 0 Å². The number of amides is 2. The van der Waals surface area contributed by atoms with Crippen molar-refractivity contribution in [3.05, 3.63) is 88.3 Å². The number of ether oxygens (including phenoxy) is 1. The van der Waals surface area contributed by atoms with Crippen LogP contribution < -0.4 is 10.6 Å². The van der Waals surface area contributed by atoms with Crippen LogP contribution in [0.25, 0.3) is 0 Å². The predicted molar refractivity (Wildman–Crippen MR) is 111 cm³/mol. The number of nitrogens with one attached hydrogen (secondary N) is 2. The van der Waals surface area contributed by atoms with Gasteiger partial charge in [-0.25, -0.2) is 0 Å². The molecule has 7 nitrogen and oxygen atoms in total. The van der Waals surface area contributed by atoms with E-state index in [-0.39, 0.29) is 5.76 Å². The summed E-state index contributed by atoms with van der Waals surface area (Å²) in [6.07, 6.45) is 0.0856. The smallest absolute Gasteiger partial charge is 0.326 e. The fourth-order valence-electron chi connectivity index (χ4n) is 2.56. The molecule has 2 aromatic carbocycles. The number of anilines is 1. The molecule has 0 aliphatic rings. The molecular weight excluding hydrogens is 431 g/mol. The van der Waals surface area contributed by atoms with E-state index in [0.717, 1.165) is 0 Å². The predicted octanol–water partition coefficient (Wildman–Crippen LogP) is 4.24. The molecule has 2 amide bonds. The van der Waals surface area contributed by atoms with Crippen molar-refractivity contribution >= 4 is 46.7 Å². The Morgan fingerprint density at radius 1 is 0.967 bits per heavy atom. The van der Waals surface area contributed by atoms with Gasteiger partial charge in [0.1, 0.15) is 6.54 Å². The molecule has 154 valence electrons. The number of carbonyl (C=O) groups is 3. The van der Waals surface area contributed by atoms with Crippen LogP contribution in [0.3, 0.4) is 0 Å². The molecule has 3 rings (SSSR count). The molecule has 9 heteroatoms. The van der Waals surface area contributed by atoms with E-state index in [1.165, 1.54) is 30.5 Å². The minimum Gasteiger partial charge on any atom is -0.459 e. The Kier molecular flexibility index (Phi) is 7.11. The summed E-state index contributed by atoms with van der Waals surface area (Å²) in [5, 5.41) is 5.68. The van der Waals surface area contributed by atoms with Gasteiger partial charge in [0.2, 0.25) is 6.10 Å². The molecule has 2 N–H and O–H groups in total. The third kappa shape index (κ3) is 5.85. The van der Waals surface area contributed by atoms with E-state index in [0.29, 0.717) is 21.3 Å². The monoisotopic (exact) mass is 446 g/mol. The van der Waals surface area contributed by atoms with Crippen LogP contribution in [0.15, 0.2) is 71.3 Å². The van der Waals surface area contributed by atoms with Crippen LogP contribution in [0.5, 0.6) is 0 Å². The van der Waals surface area contributed by atoms with Crippen LogP contribution in [0, 0.1) is 0 Å². The minimum atomic E-state index is -1.25. The maximum absolute atomic E-state index is 12.8. The van der Waals surface area contributed by atoms with Gasteiger partial charge < -0.3 is 19.8 Å². The normalized spacial score (nSPS) is 11.4. The summed E-state index contributed by atoms with van der Waals surface area (Å²) in [6, 6.07) is 16.0. The van der Waals surface area contributed by atoms with Gasteiger partial charge in [-0.3, -0.25) is 14.4 Å². The fourth-order valence-corrected chi connectivity index (χ4v) is 3.08. The molecule has 0 saturated carbocycles. The molecule has 0 fully saturated rings. The lowest BCUT2D eigenvalue weighted by Gasteiger charge is -2.18. The van der Waals surface area contributed by atoms with Gasteiger partial charge in [-0.15, -0.1) is 0 Å². The number of hydrogen-bond acceptors (Lipinski definition) is 5. The van der Waals surface area contributed by atoms with Gasteiger partial charge in [-0.1, -0.05) is 53.5 Å². The van der Waals surface area contributed by atoms with Crippen LogP contribution in [-0.4, -0.2) is 24.3 Å². The Bertz CT molecular complexity index is 1020. The third-order valence-electron chi connectivity index (χ3n) is 3.86. The topological polar surface area (TPSA) is 97.6 Å². The number of carbonyl (C=O) groups excluding carboxylic acids is 3. The maximum atomic E-state index is 12.8. The first-order valence-electron chi connectivity index (χ1n) is 8.75. The van der Waals surface area contributed by atoms with Crippen molar-refractivity contribution in [2.75, 3.05) is 11.9 Å². The highest BCUT2D eigenvalue weighted by molar-refractivity contribution is 6.35. The van der Waals surface area contributed by atoms with Crippen molar-refractivity contribution in [1.82, 2.24) is 5.32 Å². The zero-order valence-corrected chi connectivity index (χ0v) is 16.9. The third-order valence-corrected chi connectivity index (χ3v) is 4.29. The van der Waals surface area contributed by atoms with Crippen LogP contribution in [-0.2, 0) is 14.3 Å². The first-order chi connectivity index (χ1) is 14.4. The molecule has 0 spiro atoms. The SMILES string of the molecule is O=C(CNC(=O)c1ccco1)OC(C(=O)Nc1cc(Cl)cc(Cl)c1)c1ccccc1. The molecule has 1 unspecified atom stereocenters. The van der Waals surface area contributed by atoms with Gasteiger partial charge in [-0.05, 0) is 30.3 Å². The zero-order chi connectivity index (χ0) is 21.5. The average molecular weight is 447 g/mol. The zero-order valence-electron chi connectivity index (χ0n) is 15.4.